The molecule has 0 saturated carbocycles. The highest BCUT2D eigenvalue weighted by Crippen LogP contribution is 2.12. The van der Waals surface area contributed by atoms with Crippen LogP contribution in [0, 0.1) is 0 Å². The molecule has 3 nitrogen and oxygen atoms in total. The van der Waals surface area contributed by atoms with Gasteiger partial charge in [0.25, 0.3) is 0 Å². The van der Waals surface area contributed by atoms with Crippen LogP contribution >= 0.6 is 8.03 Å². The van der Waals surface area contributed by atoms with Gasteiger partial charge in [0.2, 0.25) is 0 Å². The first-order valence-corrected chi connectivity index (χ1v) is 5.43. The highest BCUT2D eigenvalue weighted by atomic mass is 31.1. The Balaban J connectivity index is 0.000000183. The normalized spacial score (nSPS) is 22.8. The van der Waals surface area contributed by atoms with Crippen LogP contribution in [0.15, 0.2) is 0 Å². The summed E-state index contributed by atoms with van der Waals surface area (Å²) in [5, 5.41) is 3.21. The van der Waals surface area contributed by atoms with Gasteiger partial charge in [0.1, 0.15) is 0 Å². The fraction of sp³-hybridized carbons (Fsp3) is 1.00. The summed E-state index contributed by atoms with van der Waals surface area (Å²) in [6.45, 7) is 5.31. The van der Waals surface area contributed by atoms with E-state index < -0.39 is 8.03 Å². The van der Waals surface area contributed by atoms with Crippen molar-refractivity contribution in [3.05, 3.63) is 0 Å². The Morgan fingerprint density at radius 2 is 2.18 bits per heavy atom. The molecule has 0 spiro atoms. The van der Waals surface area contributed by atoms with E-state index >= 15 is 0 Å². The number of hydrogen-bond donors (Lipinski definition) is 2. The third kappa shape index (κ3) is 7.92. The first-order valence-electron chi connectivity index (χ1n) is 4.03. The summed E-state index contributed by atoms with van der Waals surface area (Å²) in [7, 11) is -1.85. The zero-order valence-electron chi connectivity index (χ0n) is 7.21. The molecular weight excluding hydrogens is 161 g/mol. The molecule has 1 aliphatic rings. The van der Waals surface area contributed by atoms with Crippen molar-refractivity contribution in [2.45, 2.75) is 32.7 Å². The summed E-state index contributed by atoms with van der Waals surface area (Å²) in [5.41, 5.74) is 0. The summed E-state index contributed by atoms with van der Waals surface area (Å²) in [5.74, 6) is 0. The predicted octanol–water partition coefficient (Wildman–Crippen LogP) is 1.50. The maximum Gasteiger partial charge on any atom is 0.505 e. The molecule has 1 rings (SSSR count). The van der Waals surface area contributed by atoms with Gasteiger partial charge in [0.05, 0.1) is 0 Å². The van der Waals surface area contributed by atoms with Gasteiger partial charge in [-0.1, -0.05) is 6.92 Å². The highest BCUT2D eigenvalue weighted by molar-refractivity contribution is 7.37. The molecule has 0 aromatic heterocycles. The largest absolute Gasteiger partial charge is 0.505 e. The van der Waals surface area contributed by atoms with Crippen LogP contribution in [0.1, 0.15) is 26.7 Å². The van der Waals surface area contributed by atoms with E-state index in [2.05, 4.69) is 12.2 Å². The van der Waals surface area contributed by atoms with E-state index in [4.69, 9.17) is 4.89 Å². The van der Waals surface area contributed by atoms with Crippen molar-refractivity contribution in [1.29, 1.82) is 0 Å². The quantitative estimate of drug-likeness (QED) is 0.630. The second kappa shape index (κ2) is 6.71. The third-order valence-corrected chi connectivity index (χ3v) is 2.31. The minimum atomic E-state index is -1.85. The Kier molecular flexibility index (Phi) is 6.73. The minimum Gasteiger partial charge on any atom is -0.314 e. The van der Waals surface area contributed by atoms with Gasteiger partial charge in [-0.05, 0) is 30.9 Å². The molecular formula is C7H17NO2P+. The van der Waals surface area contributed by atoms with Crippen LogP contribution in [0.2, 0.25) is 0 Å². The van der Waals surface area contributed by atoms with Crippen molar-refractivity contribution >= 4 is 8.03 Å². The zero-order chi connectivity index (χ0) is 8.69. The number of nitrogens with one attached hydrogen (secondary N) is 1. The van der Waals surface area contributed by atoms with E-state index in [1.807, 2.05) is 6.92 Å². The molecule has 0 aliphatic carbocycles. The molecule has 4 heteroatoms. The Labute approximate surface area is 69.1 Å². The van der Waals surface area contributed by atoms with Crippen LogP contribution in [0.25, 0.3) is 0 Å². The van der Waals surface area contributed by atoms with Crippen molar-refractivity contribution in [2.24, 2.45) is 0 Å². The zero-order valence-corrected chi connectivity index (χ0v) is 8.10. The van der Waals surface area contributed by atoms with Gasteiger partial charge in [0, 0.05) is 6.04 Å². The summed E-state index contributed by atoms with van der Waals surface area (Å²) in [6.07, 6.45) is 2.61. The Morgan fingerprint density at radius 1 is 1.73 bits per heavy atom. The fourth-order valence-electron chi connectivity index (χ4n) is 0.624. The topological polar surface area (TPSA) is 49.3 Å². The maximum atomic E-state index is 9.75. The van der Waals surface area contributed by atoms with Gasteiger partial charge < -0.3 is 5.32 Å². The van der Waals surface area contributed by atoms with Crippen molar-refractivity contribution in [3.63, 3.8) is 0 Å². The van der Waals surface area contributed by atoms with Gasteiger partial charge >= 0.3 is 8.03 Å². The molecule has 2 unspecified atom stereocenters. The summed E-state index contributed by atoms with van der Waals surface area (Å²) in [6, 6.07) is 0.815. The molecule has 1 aliphatic heterocycles. The van der Waals surface area contributed by atoms with Crippen molar-refractivity contribution < 1.29 is 9.46 Å². The first-order chi connectivity index (χ1) is 5.16. The lowest BCUT2D eigenvalue weighted by Crippen LogP contribution is -2.39. The molecule has 0 amide bonds. The molecule has 66 valence electrons. The van der Waals surface area contributed by atoms with E-state index in [0.717, 1.165) is 12.5 Å². The van der Waals surface area contributed by atoms with Crippen LogP contribution in [-0.4, -0.2) is 23.6 Å². The molecule has 2 atom stereocenters. The standard InChI is InChI=1S/C4H9N.C3H7O2P/c1-4-2-3-5-4;1-2-3-6(4)5/h4-5H,2-3H2,1H3;2-3H2,1H3/p+1. The molecule has 0 radical (unpaired) electrons. The van der Waals surface area contributed by atoms with Crippen LogP contribution in [0.4, 0.5) is 0 Å². The average molecular weight is 178 g/mol. The Hall–Kier alpha value is 0.0200. The number of rotatable bonds is 2. The lowest BCUT2D eigenvalue weighted by Gasteiger charge is -2.22. The van der Waals surface area contributed by atoms with E-state index in [0.29, 0.717) is 6.16 Å². The maximum absolute atomic E-state index is 9.75. The van der Waals surface area contributed by atoms with Gasteiger partial charge in [-0.25, -0.2) is 0 Å². The van der Waals surface area contributed by atoms with Crippen molar-refractivity contribution in [2.75, 3.05) is 12.7 Å². The minimum absolute atomic E-state index is 0.440. The molecule has 1 heterocycles. The predicted molar refractivity (Wildman–Crippen MR) is 47.1 cm³/mol. The lowest BCUT2D eigenvalue weighted by atomic mass is 10.1. The molecule has 2 N–H and O–H groups in total. The summed E-state index contributed by atoms with van der Waals surface area (Å²) >= 11 is 0. The van der Waals surface area contributed by atoms with E-state index in [9.17, 15) is 4.57 Å². The first kappa shape index (κ1) is 11.0. The van der Waals surface area contributed by atoms with E-state index in [-0.39, 0.29) is 0 Å². The van der Waals surface area contributed by atoms with E-state index in [1.54, 1.807) is 0 Å². The van der Waals surface area contributed by atoms with Crippen LogP contribution in [-0.2, 0) is 4.57 Å². The molecule has 1 fully saturated rings. The van der Waals surface area contributed by atoms with Crippen LogP contribution in [0.5, 0.6) is 0 Å². The molecule has 0 aromatic carbocycles. The smallest absolute Gasteiger partial charge is 0.314 e. The average Bonchev–Trinajstić information content (AvgIpc) is 1.85. The second-order valence-electron chi connectivity index (χ2n) is 2.72. The number of hydrogen-bond acceptors (Lipinski definition) is 2. The monoisotopic (exact) mass is 178 g/mol. The Bertz CT molecular complexity index is 115. The molecule has 0 aromatic rings. The summed E-state index contributed by atoms with van der Waals surface area (Å²) < 4.78 is 9.75. The third-order valence-electron chi connectivity index (χ3n) is 1.49. The molecule has 1 saturated heterocycles. The SMILES string of the molecule is CC1CCN1.CCC[P+](=O)O. The highest BCUT2D eigenvalue weighted by Gasteiger charge is 2.07. The molecule has 0 bridgehead atoms. The van der Waals surface area contributed by atoms with Crippen molar-refractivity contribution in [3.8, 4) is 0 Å². The molecule has 11 heavy (non-hydrogen) atoms. The van der Waals surface area contributed by atoms with Gasteiger partial charge in [-0.15, -0.1) is 0 Å². The fourth-order valence-corrected chi connectivity index (χ4v) is 1.01. The van der Waals surface area contributed by atoms with Gasteiger partial charge in [0.15, 0.2) is 6.16 Å². The second-order valence-corrected chi connectivity index (χ2v) is 3.87. The summed E-state index contributed by atoms with van der Waals surface area (Å²) in [4.78, 5) is 8.06. The lowest BCUT2D eigenvalue weighted by molar-refractivity contribution is 0.399. The van der Waals surface area contributed by atoms with Crippen molar-refractivity contribution in [1.82, 2.24) is 5.32 Å². The van der Waals surface area contributed by atoms with Crippen LogP contribution < -0.4 is 5.32 Å². The van der Waals surface area contributed by atoms with Crippen LogP contribution in [0.3, 0.4) is 0 Å². The van der Waals surface area contributed by atoms with Gasteiger partial charge in [-0.2, -0.15) is 4.89 Å². The Morgan fingerprint density at radius 3 is 2.18 bits per heavy atom. The van der Waals surface area contributed by atoms with Gasteiger partial charge in [-0.3, -0.25) is 0 Å². The van der Waals surface area contributed by atoms with E-state index in [1.165, 1.54) is 13.0 Å².